The maximum absolute atomic E-state index is 9.16. The maximum Gasteiger partial charge on any atom is 0.144 e. The van der Waals surface area contributed by atoms with Crippen LogP contribution in [0.5, 0.6) is 0 Å². The van der Waals surface area contributed by atoms with Gasteiger partial charge in [-0.1, -0.05) is 39.0 Å². The molecular weight excluding hydrogens is 234 g/mol. The summed E-state index contributed by atoms with van der Waals surface area (Å²) in [6.45, 7) is 7.06. The standard InChI is InChI=1S/C16H25N3/c1-4-5-6-7-8-9-10-18-16-15(12-17)13(2)11-14(3)19-16/h11H,4-10H2,1-3H3,(H,18,19). The largest absolute Gasteiger partial charge is 0.369 e. The van der Waals surface area contributed by atoms with Gasteiger partial charge in [-0.05, 0) is 31.9 Å². The van der Waals surface area contributed by atoms with Crippen LogP contribution in [0.4, 0.5) is 5.82 Å². The number of aromatic nitrogens is 1. The highest BCUT2D eigenvalue weighted by atomic mass is 15.0. The number of unbranched alkanes of at least 4 members (excludes halogenated alkanes) is 5. The lowest BCUT2D eigenvalue weighted by Gasteiger charge is -2.10. The number of rotatable bonds is 8. The van der Waals surface area contributed by atoms with Crippen LogP contribution in [0.25, 0.3) is 0 Å². The van der Waals surface area contributed by atoms with Crippen LogP contribution in [0.2, 0.25) is 0 Å². The summed E-state index contributed by atoms with van der Waals surface area (Å²) in [5.41, 5.74) is 2.64. The highest BCUT2D eigenvalue weighted by molar-refractivity contribution is 5.56. The molecule has 0 bridgehead atoms. The van der Waals surface area contributed by atoms with E-state index in [0.29, 0.717) is 5.56 Å². The molecule has 0 spiro atoms. The van der Waals surface area contributed by atoms with Gasteiger partial charge in [0.2, 0.25) is 0 Å². The molecule has 3 nitrogen and oxygen atoms in total. The molecule has 1 aromatic rings. The van der Waals surface area contributed by atoms with Crippen molar-refractivity contribution in [2.24, 2.45) is 0 Å². The molecule has 19 heavy (non-hydrogen) atoms. The van der Waals surface area contributed by atoms with E-state index in [1.54, 1.807) is 0 Å². The fourth-order valence-electron chi connectivity index (χ4n) is 2.22. The third-order valence-electron chi connectivity index (χ3n) is 3.28. The van der Waals surface area contributed by atoms with Gasteiger partial charge in [-0.2, -0.15) is 5.26 Å². The Hall–Kier alpha value is -1.56. The summed E-state index contributed by atoms with van der Waals surface area (Å²) in [5.74, 6) is 0.744. The summed E-state index contributed by atoms with van der Waals surface area (Å²) in [6, 6.07) is 4.19. The first-order valence-corrected chi connectivity index (χ1v) is 7.31. The highest BCUT2D eigenvalue weighted by Crippen LogP contribution is 2.17. The second kappa shape index (κ2) is 8.53. The minimum atomic E-state index is 0.677. The first-order valence-electron chi connectivity index (χ1n) is 7.31. The average molecular weight is 259 g/mol. The van der Waals surface area contributed by atoms with Crippen molar-refractivity contribution in [2.75, 3.05) is 11.9 Å². The number of anilines is 1. The van der Waals surface area contributed by atoms with Crippen molar-refractivity contribution in [3.05, 3.63) is 22.9 Å². The molecule has 0 aromatic carbocycles. The van der Waals surface area contributed by atoms with Gasteiger partial charge in [0.15, 0.2) is 0 Å². The third kappa shape index (κ3) is 5.30. The molecule has 0 fully saturated rings. The van der Waals surface area contributed by atoms with Crippen molar-refractivity contribution >= 4 is 5.82 Å². The summed E-state index contributed by atoms with van der Waals surface area (Å²) < 4.78 is 0. The monoisotopic (exact) mass is 259 g/mol. The molecule has 0 aliphatic rings. The van der Waals surface area contributed by atoms with Gasteiger partial charge in [-0.25, -0.2) is 4.98 Å². The Morgan fingerprint density at radius 1 is 1.16 bits per heavy atom. The molecule has 0 aliphatic heterocycles. The normalized spacial score (nSPS) is 10.2. The number of nitrogens with one attached hydrogen (secondary N) is 1. The van der Waals surface area contributed by atoms with Crippen LogP contribution >= 0.6 is 0 Å². The lowest BCUT2D eigenvalue weighted by molar-refractivity contribution is 0.616. The Morgan fingerprint density at radius 2 is 1.84 bits per heavy atom. The van der Waals surface area contributed by atoms with Gasteiger partial charge in [0.05, 0.1) is 5.56 Å². The van der Waals surface area contributed by atoms with Crippen molar-refractivity contribution in [2.45, 2.75) is 59.3 Å². The molecule has 0 saturated heterocycles. The molecule has 1 rings (SSSR count). The van der Waals surface area contributed by atoms with E-state index in [1.165, 1.54) is 32.1 Å². The Balaban J connectivity index is 2.39. The molecule has 1 aromatic heterocycles. The Morgan fingerprint density at radius 3 is 2.53 bits per heavy atom. The highest BCUT2D eigenvalue weighted by Gasteiger charge is 2.07. The number of nitriles is 1. The van der Waals surface area contributed by atoms with Crippen LogP contribution in [-0.2, 0) is 0 Å². The topological polar surface area (TPSA) is 48.7 Å². The molecule has 0 atom stereocenters. The Kier molecular flexibility index (Phi) is 6.95. The van der Waals surface area contributed by atoms with Crippen LogP contribution in [0.3, 0.4) is 0 Å². The second-order valence-corrected chi connectivity index (χ2v) is 5.11. The van der Waals surface area contributed by atoms with Crippen molar-refractivity contribution in [3.63, 3.8) is 0 Å². The van der Waals surface area contributed by atoms with Crippen molar-refractivity contribution < 1.29 is 0 Å². The first-order chi connectivity index (χ1) is 9.19. The van der Waals surface area contributed by atoms with Gasteiger partial charge in [-0.15, -0.1) is 0 Å². The van der Waals surface area contributed by atoms with Crippen LogP contribution in [0, 0.1) is 25.2 Å². The molecule has 3 heteroatoms. The van der Waals surface area contributed by atoms with Crippen LogP contribution < -0.4 is 5.32 Å². The minimum Gasteiger partial charge on any atom is -0.369 e. The van der Waals surface area contributed by atoms with Gasteiger partial charge < -0.3 is 5.32 Å². The summed E-state index contributed by atoms with van der Waals surface area (Å²) >= 11 is 0. The number of hydrogen-bond acceptors (Lipinski definition) is 3. The van der Waals surface area contributed by atoms with Gasteiger partial charge in [0.25, 0.3) is 0 Å². The lowest BCUT2D eigenvalue weighted by atomic mass is 10.1. The molecule has 104 valence electrons. The van der Waals surface area contributed by atoms with Crippen molar-refractivity contribution in [1.29, 1.82) is 5.26 Å². The van der Waals surface area contributed by atoms with Gasteiger partial charge in [-0.3, -0.25) is 0 Å². The SMILES string of the molecule is CCCCCCCCNc1nc(C)cc(C)c1C#N. The van der Waals surface area contributed by atoms with E-state index in [2.05, 4.69) is 23.3 Å². The summed E-state index contributed by atoms with van der Waals surface area (Å²) in [5, 5.41) is 12.5. The predicted octanol–water partition coefficient (Wildman–Crippen LogP) is 4.34. The van der Waals surface area contributed by atoms with Crippen molar-refractivity contribution in [3.8, 4) is 6.07 Å². The zero-order valence-corrected chi connectivity index (χ0v) is 12.4. The van der Waals surface area contributed by atoms with Crippen LogP contribution in [0.15, 0.2) is 6.07 Å². The number of aryl methyl sites for hydroxylation is 2. The van der Waals surface area contributed by atoms with E-state index in [1.807, 2.05) is 19.9 Å². The zero-order valence-electron chi connectivity index (χ0n) is 12.4. The molecule has 0 amide bonds. The smallest absolute Gasteiger partial charge is 0.144 e. The maximum atomic E-state index is 9.16. The number of nitrogens with zero attached hydrogens (tertiary/aromatic N) is 2. The average Bonchev–Trinajstić information content (AvgIpc) is 2.37. The molecule has 0 saturated carbocycles. The lowest BCUT2D eigenvalue weighted by Crippen LogP contribution is -2.07. The van der Waals surface area contributed by atoms with E-state index in [9.17, 15) is 0 Å². The van der Waals surface area contributed by atoms with Crippen molar-refractivity contribution in [1.82, 2.24) is 4.98 Å². The fraction of sp³-hybridized carbons (Fsp3) is 0.625. The number of hydrogen-bond donors (Lipinski definition) is 1. The van der Waals surface area contributed by atoms with Crippen LogP contribution in [-0.4, -0.2) is 11.5 Å². The third-order valence-corrected chi connectivity index (χ3v) is 3.28. The Labute approximate surface area is 117 Å². The van der Waals surface area contributed by atoms with Gasteiger partial charge >= 0.3 is 0 Å². The molecule has 1 heterocycles. The van der Waals surface area contributed by atoms with Gasteiger partial charge in [0.1, 0.15) is 11.9 Å². The molecular formula is C16H25N3. The van der Waals surface area contributed by atoms with E-state index < -0.39 is 0 Å². The summed E-state index contributed by atoms with van der Waals surface area (Å²) in [4.78, 5) is 4.42. The number of pyridine rings is 1. The van der Waals surface area contributed by atoms with E-state index in [-0.39, 0.29) is 0 Å². The Bertz CT molecular complexity index is 432. The fourth-order valence-corrected chi connectivity index (χ4v) is 2.22. The zero-order chi connectivity index (χ0) is 14.1. The van der Waals surface area contributed by atoms with Crippen LogP contribution in [0.1, 0.15) is 62.3 Å². The summed E-state index contributed by atoms with van der Waals surface area (Å²) in [7, 11) is 0. The first kappa shape index (κ1) is 15.5. The molecule has 0 unspecified atom stereocenters. The molecule has 0 aliphatic carbocycles. The van der Waals surface area contributed by atoms with E-state index in [0.717, 1.165) is 30.0 Å². The molecule has 1 N–H and O–H groups in total. The second-order valence-electron chi connectivity index (χ2n) is 5.11. The van der Waals surface area contributed by atoms with Gasteiger partial charge in [0, 0.05) is 12.2 Å². The summed E-state index contributed by atoms with van der Waals surface area (Å²) in [6.07, 6.45) is 7.66. The van der Waals surface area contributed by atoms with E-state index in [4.69, 9.17) is 5.26 Å². The molecule has 0 radical (unpaired) electrons. The van der Waals surface area contributed by atoms with E-state index >= 15 is 0 Å². The predicted molar refractivity (Wildman–Crippen MR) is 80.3 cm³/mol. The quantitative estimate of drug-likeness (QED) is 0.706. The minimum absolute atomic E-state index is 0.677.